The molecule has 0 amide bonds. The molecule has 0 N–H and O–H groups in total. The monoisotopic (exact) mass is 316 g/mol. The highest BCUT2D eigenvalue weighted by molar-refractivity contribution is 9.10. The van der Waals surface area contributed by atoms with E-state index in [1.807, 2.05) is 19.1 Å². The lowest BCUT2D eigenvalue weighted by molar-refractivity contribution is 1.11. The lowest BCUT2D eigenvalue weighted by Crippen LogP contribution is -1.92. The molecule has 0 unspecified atom stereocenters. The van der Waals surface area contributed by atoms with Crippen LogP contribution in [0.25, 0.3) is 11.4 Å². The highest BCUT2D eigenvalue weighted by Gasteiger charge is 2.06. The number of benzene rings is 1. The molecule has 2 nitrogen and oxygen atoms in total. The van der Waals surface area contributed by atoms with E-state index in [2.05, 4.69) is 25.9 Å². The fourth-order valence-electron chi connectivity index (χ4n) is 1.29. The Balaban J connectivity index is 2.54. The van der Waals surface area contributed by atoms with E-state index in [1.165, 1.54) is 0 Å². The van der Waals surface area contributed by atoms with Gasteiger partial charge in [0.05, 0.1) is 5.02 Å². The fraction of sp³-hybridized carbons (Fsp3) is 0.0909. The molecule has 0 spiro atoms. The van der Waals surface area contributed by atoms with E-state index in [9.17, 15) is 0 Å². The predicted octanol–water partition coefficient (Wildman–Crippen LogP) is 4.52. The maximum atomic E-state index is 6.01. The molecule has 0 aliphatic carbocycles. The van der Waals surface area contributed by atoms with Gasteiger partial charge in [0.1, 0.15) is 5.15 Å². The molecule has 1 aromatic heterocycles. The van der Waals surface area contributed by atoms with Crippen LogP contribution in [-0.4, -0.2) is 9.97 Å². The quantitative estimate of drug-likeness (QED) is 0.723. The number of hydrogen-bond donors (Lipinski definition) is 0. The van der Waals surface area contributed by atoms with Gasteiger partial charge in [0.15, 0.2) is 5.82 Å². The minimum absolute atomic E-state index is 0.432. The molecule has 0 bridgehead atoms. The zero-order valence-electron chi connectivity index (χ0n) is 8.34. The summed E-state index contributed by atoms with van der Waals surface area (Å²) in [6.07, 6.45) is 0. The Labute approximate surface area is 112 Å². The molecule has 0 aliphatic rings. The predicted molar refractivity (Wildman–Crippen MR) is 69.9 cm³/mol. The molecule has 1 aromatic carbocycles. The lowest BCUT2D eigenvalue weighted by Gasteiger charge is -2.03. The van der Waals surface area contributed by atoms with Gasteiger partial charge in [-0.3, -0.25) is 0 Å². The second-order valence-electron chi connectivity index (χ2n) is 3.28. The largest absolute Gasteiger partial charge is 0.233 e. The SMILES string of the molecule is Cc1cc(Cl)nc(-c2ccc(Br)c(Cl)c2)n1. The van der Waals surface area contributed by atoms with Crippen LogP contribution < -0.4 is 0 Å². The topological polar surface area (TPSA) is 25.8 Å². The van der Waals surface area contributed by atoms with Crippen molar-refractivity contribution in [2.45, 2.75) is 6.92 Å². The number of rotatable bonds is 1. The Hall–Kier alpha value is -0.640. The summed E-state index contributed by atoms with van der Waals surface area (Å²) in [4.78, 5) is 8.46. The zero-order chi connectivity index (χ0) is 11.7. The average Bonchev–Trinajstić information content (AvgIpc) is 2.20. The highest BCUT2D eigenvalue weighted by atomic mass is 79.9. The van der Waals surface area contributed by atoms with Gasteiger partial charge in [-0.1, -0.05) is 23.2 Å². The Kier molecular flexibility index (Phi) is 3.47. The van der Waals surface area contributed by atoms with Gasteiger partial charge in [0.25, 0.3) is 0 Å². The van der Waals surface area contributed by atoms with E-state index in [1.54, 1.807) is 12.1 Å². The Bertz CT molecular complexity index is 523. The minimum Gasteiger partial charge on any atom is -0.233 e. The van der Waals surface area contributed by atoms with E-state index in [0.29, 0.717) is 16.0 Å². The maximum Gasteiger partial charge on any atom is 0.161 e. The first kappa shape index (κ1) is 11.8. The van der Waals surface area contributed by atoms with Crippen molar-refractivity contribution in [2.24, 2.45) is 0 Å². The molecule has 16 heavy (non-hydrogen) atoms. The van der Waals surface area contributed by atoms with Gasteiger partial charge in [-0.15, -0.1) is 0 Å². The van der Waals surface area contributed by atoms with Crippen LogP contribution in [0.5, 0.6) is 0 Å². The number of halogens is 3. The standard InChI is InChI=1S/C11H7BrCl2N2/c1-6-4-10(14)16-11(15-6)7-2-3-8(12)9(13)5-7/h2-5H,1H3. The molecule has 82 valence electrons. The van der Waals surface area contributed by atoms with Gasteiger partial charge in [-0.2, -0.15) is 0 Å². The van der Waals surface area contributed by atoms with E-state index < -0.39 is 0 Å². The molecular weight excluding hydrogens is 311 g/mol. The van der Waals surface area contributed by atoms with Crippen LogP contribution in [0.15, 0.2) is 28.7 Å². The van der Waals surface area contributed by atoms with Crippen LogP contribution in [0.3, 0.4) is 0 Å². The summed E-state index contributed by atoms with van der Waals surface area (Å²) in [5.41, 5.74) is 1.67. The second-order valence-corrected chi connectivity index (χ2v) is 4.93. The first-order valence-corrected chi connectivity index (χ1v) is 6.08. The van der Waals surface area contributed by atoms with Crippen LogP contribution in [0.4, 0.5) is 0 Å². The van der Waals surface area contributed by atoms with E-state index >= 15 is 0 Å². The van der Waals surface area contributed by atoms with Crippen LogP contribution in [0.2, 0.25) is 10.2 Å². The number of hydrogen-bond acceptors (Lipinski definition) is 2. The first-order valence-electron chi connectivity index (χ1n) is 4.53. The van der Waals surface area contributed by atoms with Crippen molar-refractivity contribution in [3.05, 3.63) is 44.6 Å². The highest BCUT2D eigenvalue weighted by Crippen LogP contribution is 2.27. The Morgan fingerprint density at radius 1 is 1.12 bits per heavy atom. The van der Waals surface area contributed by atoms with Gasteiger partial charge < -0.3 is 0 Å². The summed E-state index contributed by atoms with van der Waals surface area (Å²) in [7, 11) is 0. The summed E-state index contributed by atoms with van der Waals surface area (Å²) >= 11 is 15.2. The van der Waals surface area contributed by atoms with Crippen LogP contribution in [0, 0.1) is 6.92 Å². The molecule has 2 aromatic rings. The van der Waals surface area contributed by atoms with Crippen molar-refractivity contribution >= 4 is 39.1 Å². The molecule has 1 heterocycles. The maximum absolute atomic E-state index is 6.01. The molecule has 5 heteroatoms. The van der Waals surface area contributed by atoms with E-state index in [-0.39, 0.29) is 0 Å². The third-order valence-electron chi connectivity index (χ3n) is 2.00. The number of nitrogens with zero attached hydrogens (tertiary/aromatic N) is 2. The van der Waals surface area contributed by atoms with Crippen molar-refractivity contribution in [3.63, 3.8) is 0 Å². The summed E-state index contributed by atoms with van der Waals surface area (Å²) in [6.45, 7) is 1.87. The zero-order valence-corrected chi connectivity index (χ0v) is 11.4. The smallest absolute Gasteiger partial charge is 0.161 e. The fourth-order valence-corrected chi connectivity index (χ4v) is 1.96. The Morgan fingerprint density at radius 3 is 2.50 bits per heavy atom. The normalized spacial score (nSPS) is 10.5. The molecular formula is C11H7BrCl2N2. The van der Waals surface area contributed by atoms with Crippen molar-refractivity contribution in [1.29, 1.82) is 0 Å². The summed E-state index contributed by atoms with van der Waals surface area (Å²) < 4.78 is 0.844. The summed E-state index contributed by atoms with van der Waals surface area (Å²) in [6, 6.07) is 7.26. The summed E-state index contributed by atoms with van der Waals surface area (Å²) in [5, 5.41) is 1.06. The molecule has 0 saturated carbocycles. The van der Waals surface area contributed by atoms with Gasteiger partial charge in [-0.25, -0.2) is 9.97 Å². The molecule has 0 aliphatic heterocycles. The molecule has 0 radical (unpaired) electrons. The van der Waals surface area contributed by atoms with Gasteiger partial charge in [-0.05, 0) is 47.1 Å². The lowest BCUT2D eigenvalue weighted by atomic mass is 10.2. The second kappa shape index (κ2) is 4.70. The number of aromatic nitrogens is 2. The van der Waals surface area contributed by atoms with Crippen LogP contribution >= 0.6 is 39.1 Å². The Morgan fingerprint density at radius 2 is 1.88 bits per heavy atom. The van der Waals surface area contributed by atoms with E-state index in [0.717, 1.165) is 15.7 Å². The van der Waals surface area contributed by atoms with Crippen LogP contribution in [0.1, 0.15) is 5.69 Å². The minimum atomic E-state index is 0.432. The third-order valence-corrected chi connectivity index (χ3v) is 3.43. The van der Waals surface area contributed by atoms with Crippen molar-refractivity contribution in [1.82, 2.24) is 9.97 Å². The average molecular weight is 318 g/mol. The molecule has 0 saturated heterocycles. The number of aryl methyl sites for hydroxylation is 1. The van der Waals surface area contributed by atoms with Crippen LogP contribution in [-0.2, 0) is 0 Å². The molecule has 0 fully saturated rings. The van der Waals surface area contributed by atoms with Crippen molar-refractivity contribution in [3.8, 4) is 11.4 Å². The molecule has 2 rings (SSSR count). The van der Waals surface area contributed by atoms with Crippen molar-refractivity contribution in [2.75, 3.05) is 0 Å². The van der Waals surface area contributed by atoms with Crippen molar-refractivity contribution < 1.29 is 0 Å². The first-order chi connectivity index (χ1) is 7.56. The third kappa shape index (κ3) is 2.54. The summed E-state index contributed by atoms with van der Waals surface area (Å²) in [5.74, 6) is 0.583. The van der Waals surface area contributed by atoms with Gasteiger partial charge in [0.2, 0.25) is 0 Å². The van der Waals surface area contributed by atoms with E-state index in [4.69, 9.17) is 23.2 Å². The molecule has 0 atom stereocenters. The van der Waals surface area contributed by atoms with Gasteiger partial charge in [0, 0.05) is 15.7 Å². The van der Waals surface area contributed by atoms with Gasteiger partial charge >= 0.3 is 0 Å².